The normalized spacial score (nSPS) is 10.4. The first-order valence-corrected chi connectivity index (χ1v) is 4.03. The zero-order valence-electron chi connectivity index (χ0n) is 7.04. The standard InChI is InChI=1S/C8H14N2O/c1-3-5-10-6-7(4-2)9-8(10)11/h6H,3-5H2,1-2H3,(H,9,11). The zero-order chi connectivity index (χ0) is 8.27. The highest BCUT2D eigenvalue weighted by Crippen LogP contribution is 2.10. The quantitative estimate of drug-likeness (QED) is 0.717. The second kappa shape index (κ2) is 3.42. The molecule has 1 rings (SSSR count). The van der Waals surface area contributed by atoms with Crippen LogP contribution in [0.25, 0.3) is 0 Å². The van der Waals surface area contributed by atoms with E-state index in [-0.39, 0.29) is 6.01 Å². The monoisotopic (exact) mass is 154 g/mol. The molecule has 0 radical (unpaired) electrons. The van der Waals surface area contributed by atoms with Gasteiger partial charge < -0.3 is 9.67 Å². The van der Waals surface area contributed by atoms with Crippen molar-refractivity contribution in [2.75, 3.05) is 0 Å². The van der Waals surface area contributed by atoms with Crippen molar-refractivity contribution < 1.29 is 5.11 Å². The van der Waals surface area contributed by atoms with Crippen molar-refractivity contribution >= 4 is 0 Å². The van der Waals surface area contributed by atoms with Crippen LogP contribution in [-0.4, -0.2) is 14.7 Å². The second-order valence-corrected chi connectivity index (χ2v) is 2.58. The molecule has 0 unspecified atom stereocenters. The molecule has 1 N–H and O–H groups in total. The smallest absolute Gasteiger partial charge is 0.293 e. The maximum atomic E-state index is 9.25. The molecule has 0 aromatic carbocycles. The summed E-state index contributed by atoms with van der Waals surface area (Å²) in [6, 6.07) is 0.142. The van der Waals surface area contributed by atoms with Crippen molar-refractivity contribution in [3.05, 3.63) is 11.9 Å². The van der Waals surface area contributed by atoms with E-state index < -0.39 is 0 Å². The predicted octanol–water partition coefficient (Wildman–Crippen LogP) is 1.56. The van der Waals surface area contributed by atoms with Gasteiger partial charge in [0.1, 0.15) is 0 Å². The minimum atomic E-state index is 0.142. The summed E-state index contributed by atoms with van der Waals surface area (Å²) in [5.74, 6) is 0. The van der Waals surface area contributed by atoms with E-state index in [1.54, 1.807) is 4.57 Å². The summed E-state index contributed by atoms with van der Waals surface area (Å²) in [5.41, 5.74) is 0.955. The van der Waals surface area contributed by atoms with Crippen molar-refractivity contribution in [3.63, 3.8) is 0 Å². The molecule has 3 heteroatoms. The predicted molar refractivity (Wildman–Crippen MR) is 43.6 cm³/mol. The largest absolute Gasteiger partial charge is 0.480 e. The van der Waals surface area contributed by atoms with E-state index in [9.17, 15) is 5.11 Å². The Labute approximate surface area is 66.7 Å². The lowest BCUT2D eigenvalue weighted by atomic mass is 10.4. The van der Waals surface area contributed by atoms with E-state index in [4.69, 9.17) is 0 Å². The molecule has 0 amide bonds. The lowest BCUT2D eigenvalue weighted by Gasteiger charge is -1.97. The van der Waals surface area contributed by atoms with Crippen LogP contribution in [0, 0.1) is 0 Å². The number of hydrogen-bond acceptors (Lipinski definition) is 2. The Kier molecular flexibility index (Phi) is 2.52. The fourth-order valence-corrected chi connectivity index (χ4v) is 1.03. The molecule has 0 bridgehead atoms. The summed E-state index contributed by atoms with van der Waals surface area (Å²) in [6.07, 6.45) is 3.80. The molecular weight excluding hydrogens is 140 g/mol. The summed E-state index contributed by atoms with van der Waals surface area (Å²) in [4.78, 5) is 3.97. The molecule has 0 fully saturated rings. The molecule has 1 aromatic rings. The zero-order valence-corrected chi connectivity index (χ0v) is 7.04. The van der Waals surface area contributed by atoms with Gasteiger partial charge in [-0.15, -0.1) is 0 Å². The molecule has 0 atom stereocenters. The first kappa shape index (κ1) is 8.11. The topological polar surface area (TPSA) is 38.0 Å². The van der Waals surface area contributed by atoms with Gasteiger partial charge in [0.2, 0.25) is 0 Å². The number of aryl methyl sites for hydroxylation is 2. The number of rotatable bonds is 3. The average Bonchev–Trinajstić information content (AvgIpc) is 2.33. The minimum Gasteiger partial charge on any atom is -0.480 e. The van der Waals surface area contributed by atoms with Crippen LogP contribution >= 0.6 is 0 Å². The minimum absolute atomic E-state index is 0.142. The van der Waals surface area contributed by atoms with Crippen molar-refractivity contribution in [3.8, 4) is 6.01 Å². The number of hydrogen-bond donors (Lipinski definition) is 1. The second-order valence-electron chi connectivity index (χ2n) is 2.58. The van der Waals surface area contributed by atoms with Crippen molar-refractivity contribution in [2.24, 2.45) is 0 Å². The van der Waals surface area contributed by atoms with Crippen LogP contribution in [0.1, 0.15) is 26.0 Å². The Bertz CT molecular complexity index is 230. The lowest BCUT2D eigenvalue weighted by molar-refractivity contribution is 0.396. The molecule has 1 aromatic heterocycles. The van der Waals surface area contributed by atoms with E-state index in [1.807, 2.05) is 13.1 Å². The van der Waals surface area contributed by atoms with Gasteiger partial charge in [0.15, 0.2) is 0 Å². The van der Waals surface area contributed by atoms with E-state index in [0.717, 1.165) is 25.1 Å². The van der Waals surface area contributed by atoms with Crippen LogP contribution < -0.4 is 0 Å². The third kappa shape index (κ3) is 1.73. The van der Waals surface area contributed by atoms with Gasteiger partial charge in [-0.05, 0) is 12.8 Å². The van der Waals surface area contributed by atoms with Crippen LogP contribution in [0.5, 0.6) is 6.01 Å². The Hall–Kier alpha value is -0.990. The summed E-state index contributed by atoms with van der Waals surface area (Å²) >= 11 is 0. The molecule has 0 spiro atoms. The average molecular weight is 154 g/mol. The first-order chi connectivity index (χ1) is 5.27. The Morgan fingerprint density at radius 1 is 1.55 bits per heavy atom. The highest BCUT2D eigenvalue weighted by molar-refractivity contribution is 5.06. The molecule has 0 aliphatic rings. The van der Waals surface area contributed by atoms with Crippen molar-refractivity contribution in [1.29, 1.82) is 0 Å². The first-order valence-electron chi connectivity index (χ1n) is 4.03. The van der Waals surface area contributed by atoms with E-state index in [2.05, 4.69) is 11.9 Å². The van der Waals surface area contributed by atoms with Gasteiger partial charge in [-0.3, -0.25) is 0 Å². The van der Waals surface area contributed by atoms with E-state index in [1.165, 1.54) is 0 Å². The van der Waals surface area contributed by atoms with E-state index >= 15 is 0 Å². The van der Waals surface area contributed by atoms with Crippen molar-refractivity contribution in [2.45, 2.75) is 33.2 Å². The summed E-state index contributed by atoms with van der Waals surface area (Å²) < 4.78 is 1.78. The maximum absolute atomic E-state index is 9.25. The van der Waals surface area contributed by atoms with Gasteiger partial charge in [0.05, 0.1) is 5.69 Å². The van der Waals surface area contributed by atoms with Gasteiger partial charge in [-0.2, -0.15) is 0 Å². The molecule has 3 nitrogen and oxygen atoms in total. The summed E-state index contributed by atoms with van der Waals surface area (Å²) in [6.45, 7) is 4.95. The Morgan fingerprint density at radius 2 is 2.27 bits per heavy atom. The van der Waals surface area contributed by atoms with Gasteiger partial charge in [-0.1, -0.05) is 13.8 Å². The van der Waals surface area contributed by atoms with Gasteiger partial charge in [0.25, 0.3) is 6.01 Å². The molecule has 0 saturated carbocycles. The van der Waals surface area contributed by atoms with Crippen LogP contribution in [0.2, 0.25) is 0 Å². The maximum Gasteiger partial charge on any atom is 0.293 e. The highest BCUT2D eigenvalue weighted by atomic mass is 16.3. The number of nitrogens with zero attached hydrogens (tertiary/aromatic N) is 2. The Balaban J connectivity index is 2.79. The molecule has 0 saturated heterocycles. The van der Waals surface area contributed by atoms with Crippen LogP contribution in [0.3, 0.4) is 0 Å². The fourth-order valence-electron chi connectivity index (χ4n) is 1.03. The van der Waals surface area contributed by atoms with Crippen LogP contribution in [0.4, 0.5) is 0 Å². The van der Waals surface area contributed by atoms with Crippen LogP contribution in [-0.2, 0) is 13.0 Å². The van der Waals surface area contributed by atoms with Gasteiger partial charge >= 0.3 is 0 Å². The number of aromatic hydroxyl groups is 1. The lowest BCUT2D eigenvalue weighted by Crippen LogP contribution is -1.92. The Morgan fingerprint density at radius 3 is 2.73 bits per heavy atom. The van der Waals surface area contributed by atoms with Gasteiger partial charge in [0, 0.05) is 12.7 Å². The van der Waals surface area contributed by atoms with Crippen LogP contribution in [0.15, 0.2) is 6.20 Å². The number of aromatic nitrogens is 2. The number of imidazole rings is 1. The molecule has 11 heavy (non-hydrogen) atoms. The third-order valence-corrected chi connectivity index (χ3v) is 1.63. The SMILES string of the molecule is CCCn1cc(CC)nc1O. The molecule has 0 aliphatic heterocycles. The molecule has 1 heterocycles. The molecule has 62 valence electrons. The highest BCUT2D eigenvalue weighted by Gasteiger charge is 2.02. The molecular formula is C8H14N2O. The summed E-state index contributed by atoms with van der Waals surface area (Å²) in [5, 5.41) is 9.25. The van der Waals surface area contributed by atoms with Crippen molar-refractivity contribution in [1.82, 2.24) is 9.55 Å². The summed E-state index contributed by atoms with van der Waals surface area (Å²) in [7, 11) is 0. The molecule has 0 aliphatic carbocycles. The van der Waals surface area contributed by atoms with E-state index in [0.29, 0.717) is 0 Å². The fraction of sp³-hybridized carbons (Fsp3) is 0.625. The third-order valence-electron chi connectivity index (χ3n) is 1.63. The van der Waals surface area contributed by atoms with Gasteiger partial charge in [-0.25, -0.2) is 4.98 Å².